The highest BCUT2D eigenvalue weighted by molar-refractivity contribution is 7.85. The van der Waals surface area contributed by atoms with Crippen molar-refractivity contribution >= 4 is 45.7 Å². The van der Waals surface area contributed by atoms with E-state index in [1.54, 1.807) is 12.1 Å². The summed E-state index contributed by atoms with van der Waals surface area (Å²) in [6.45, 7) is 2.69. The highest BCUT2D eigenvalue weighted by Crippen LogP contribution is 2.16. The normalized spacial score (nSPS) is 11.5. The van der Waals surface area contributed by atoms with Crippen LogP contribution in [0.1, 0.15) is 40.9 Å². The fourth-order valence-corrected chi connectivity index (χ4v) is 6.24. The molecule has 7 rings (SSSR count). The van der Waals surface area contributed by atoms with Gasteiger partial charge in [-0.05, 0) is 90.8 Å². The number of imidazole rings is 2. The molecule has 0 radical (unpaired) electrons. The molecule has 0 aliphatic carbocycles. The molecule has 0 atom stereocenters. The standard InChI is InChI=1S/C36H34N8O4.C7H8O3S/c1-41-29(23-43-19-5-3-7-35(41)43)25-47-31-13-9-27(10-14-31)21-37-39-33(45)17-18-34(46)40-38-22-28-11-15-32(16-12-28)48-26-30-24-44-20-6-4-8-36(44)42(30)2;1-6-2-4-7(5-3-6)11(8,9)10/h3-16,19-24H,17-18,25-26H2,1-2H3;2-5H,1H3,(H,8,9,10)/p+2/b37-21+,38-22+;. The van der Waals surface area contributed by atoms with Crippen molar-refractivity contribution in [1.29, 1.82) is 0 Å². The quantitative estimate of drug-likeness (QED) is 0.0622. The van der Waals surface area contributed by atoms with Crippen LogP contribution in [-0.2, 0) is 47.0 Å². The number of hydrazone groups is 2. The lowest BCUT2D eigenvalue weighted by Gasteiger charge is -2.04. The van der Waals surface area contributed by atoms with Crippen molar-refractivity contribution in [3.63, 3.8) is 0 Å². The number of hydrogen-bond acceptors (Lipinski definition) is 8. The lowest BCUT2D eigenvalue weighted by atomic mass is 10.2. The third kappa shape index (κ3) is 11.7. The van der Waals surface area contributed by atoms with Crippen LogP contribution < -0.4 is 29.1 Å². The number of amides is 2. The van der Waals surface area contributed by atoms with Gasteiger partial charge < -0.3 is 9.47 Å². The third-order valence-corrected chi connectivity index (χ3v) is 9.97. The van der Waals surface area contributed by atoms with Gasteiger partial charge in [0.2, 0.25) is 11.8 Å². The van der Waals surface area contributed by atoms with Crippen molar-refractivity contribution in [3.8, 4) is 11.5 Å². The molecule has 0 saturated heterocycles. The van der Waals surface area contributed by atoms with E-state index >= 15 is 0 Å². The summed E-state index contributed by atoms with van der Waals surface area (Å²) in [7, 11) is -0.00366. The van der Waals surface area contributed by atoms with E-state index in [1.807, 2.05) is 131 Å². The van der Waals surface area contributed by atoms with E-state index in [-0.39, 0.29) is 29.6 Å². The largest absolute Gasteiger partial charge is 0.485 e. The number of pyridine rings is 2. The molecule has 0 aliphatic rings. The Morgan fingerprint density at radius 3 is 1.47 bits per heavy atom. The van der Waals surface area contributed by atoms with E-state index in [2.05, 4.69) is 39.0 Å². The number of nitrogens with zero attached hydrogens (tertiary/aromatic N) is 6. The van der Waals surface area contributed by atoms with Crippen LogP contribution in [-0.4, -0.2) is 46.3 Å². The summed E-state index contributed by atoms with van der Waals surface area (Å²) in [6.07, 6.45) is 11.1. The van der Waals surface area contributed by atoms with Gasteiger partial charge in [-0.2, -0.15) is 18.6 Å². The molecular formula is C43H44N8O7S+2. The molecule has 15 nitrogen and oxygen atoms in total. The zero-order valence-corrected chi connectivity index (χ0v) is 33.5. The van der Waals surface area contributed by atoms with Crippen LogP contribution in [0.3, 0.4) is 0 Å². The van der Waals surface area contributed by atoms with E-state index in [1.165, 1.54) is 24.6 Å². The summed E-state index contributed by atoms with van der Waals surface area (Å²) >= 11 is 0. The highest BCUT2D eigenvalue weighted by atomic mass is 32.2. The molecule has 0 spiro atoms. The van der Waals surface area contributed by atoms with Crippen LogP contribution in [0.5, 0.6) is 11.5 Å². The van der Waals surface area contributed by atoms with Crippen LogP contribution >= 0.6 is 0 Å². The van der Waals surface area contributed by atoms with Gasteiger partial charge in [-0.15, -0.1) is 0 Å². The van der Waals surface area contributed by atoms with Gasteiger partial charge in [0.1, 0.15) is 23.9 Å². The molecule has 3 aromatic carbocycles. The van der Waals surface area contributed by atoms with Crippen LogP contribution in [0.4, 0.5) is 0 Å². The van der Waals surface area contributed by atoms with Gasteiger partial charge in [-0.25, -0.2) is 28.8 Å². The van der Waals surface area contributed by atoms with E-state index in [0.29, 0.717) is 13.2 Å². The Labute approximate surface area is 341 Å². The topological polar surface area (TPSA) is 174 Å². The van der Waals surface area contributed by atoms with Crippen molar-refractivity contribution in [2.24, 2.45) is 24.3 Å². The van der Waals surface area contributed by atoms with E-state index in [9.17, 15) is 18.0 Å². The number of carbonyl (C=O) groups excluding carboxylic acids is 2. The van der Waals surface area contributed by atoms with Gasteiger partial charge in [0.15, 0.2) is 24.6 Å². The third-order valence-electron chi connectivity index (χ3n) is 9.10. The average Bonchev–Trinajstić information content (AvgIpc) is 3.74. The number of rotatable bonds is 14. The van der Waals surface area contributed by atoms with Crippen LogP contribution in [0.2, 0.25) is 0 Å². The van der Waals surface area contributed by atoms with Crippen molar-refractivity contribution in [2.75, 3.05) is 0 Å². The summed E-state index contributed by atoms with van der Waals surface area (Å²) in [5.41, 5.74) is 11.7. The molecule has 0 saturated carbocycles. The molecule has 59 heavy (non-hydrogen) atoms. The van der Waals surface area contributed by atoms with Crippen molar-refractivity contribution in [2.45, 2.75) is 37.9 Å². The first-order chi connectivity index (χ1) is 28.4. The van der Waals surface area contributed by atoms with Crippen LogP contribution in [0, 0.1) is 6.92 Å². The summed E-state index contributed by atoms with van der Waals surface area (Å²) in [5.74, 6) is 0.683. The first-order valence-corrected chi connectivity index (χ1v) is 19.9. The Morgan fingerprint density at radius 1 is 0.661 bits per heavy atom. The number of nitrogens with one attached hydrogen (secondary N) is 2. The number of aryl methyl sites for hydroxylation is 3. The highest BCUT2D eigenvalue weighted by Gasteiger charge is 2.15. The first kappa shape index (κ1) is 41.5. The summed E-state index contributed by atoms with van der Waals surface area (Å²) < 4.78 is 49.7. The fraction of sp³-hybridized carbons (Fsp3) is 0.163. The lowest BCUT2D eigenvalue weighted by Crippen LogP contribution is -2.22. The minimum atomic E-state index is -4.02. The Balaban J connectivity index is 0.000000461. The second-order valence-corrected chi connectivity index (χ2v) is 14.8. The predicted octanol–water partition coefficient (Wildman–Crippen LogP) is 4.62. The molecule has 0 aliphatic heterocycles. The first-order valence-electron chi connectivity index (χ1n) is 18.5. The molecular weight excluding hydrogens is 773 g/mol. The lowest BCUT2D eigenvalue weighted by molar-refractivity contribution is -0.511. The second kappa shape index (κ2) is 19.3. The maximum atomic E-state index is 12.2. The SMILES string of the molecule is Cc1ccc(S(=O)(=O)O)cc1.Cn1c(COc2ccc(/C=N/NC(=O)CCC(=O)N/N=C/c3ccc(OCc4c[n+]5ccccc5n4C)cc3)cc2)c[n+]2ccccc12. The molecule has 3 N–H and O–H groups in total. The molecule has 0 unspecified atom stereocenters. The summed E-state index contributed by atoms with van der Waals surface area (Å²) in [4.78, 5) is 24.2. The van der Waals surface area contributed by atoms with Crippen molar-refractivity contribution in [3.05, 3.63) is 162 Å². The van der Waals surface area contributed by atoms with Crippen molar-refractivity contribution < 1.29 is 40.8 Å². The number of carbonyl (C=O) groups is 2. The Kier molecular flexibility index (Phi) is 13.6. The van der Waals surface area contributed by atoms with E-state index < -0.39 is 10.1 Å². The molecule has 2 amide bonds. The zero-order valence-electron chi connectivity index (χ0n) is 32.7. The van der Waals surface area contributed by atoms with Gasteiger partial charge in [0, 0.05) is 25.0 Å². The van der Waals surface area contributed by atoms with Gasteiger partial charge in [-0.1, -0.05) is 29.8 Å². The van der Waals surface area contributed by atoms with Gasteiger partial charge >= 0.3 is 0 Å². The average molecular weight is 817 g/mol. The molecule has 0 bridgehead atoms. The fourth-order valence-electron chi connectivity index (χ4n) is 5.76. The zero-order chi connectivity index (χ0) is 41.8. The van der Waals surface area contributed by atoms with E-state index in [0.717, 1.165) is 50.9 Å². The minimum absolute atomic E-state index is 0.0286. The number of ether oxygens (including phenoxy) is 2. The second-order valence-electron chi connectivity index (χ2n) is 13.4. The van der Waals surface area contributed by atoms with Gasteiger partial charge in [0.25, 0.3) is 21.4 Å². The monoisotopic (exact) mass is 816 g/mol. The smallest absolute Gasteiger partial charge is 0.294 e. The molecule has 302 valence electrons. The maximum absolute atomic E-state index is 12.2. The molecule has 0 fully saturated rings. The number of hydrogen-bond donors (Lipinski definition) is 3. The molecule has 4 heterocycles. The molecule has 4 aromatic heterocycles. The predicted molar refractivity (Wildman–Crippen MR) is 220 cm³/mol. The number of fused-ring (bicyclic) bond motifs is 2. The number of benzene rings is 3. The maximum Gasteiger partial charge on any atom is 0.294 e. The van der Waals surface area contributed by atoms with Crippen LogP contribution in [0.25, 0.3) is 11.3 Å². The van der Waals surface area contributed by atoms with Gasteiger partial charge in [-0.3, -0.25) is 14.1 Å². The Hall–Kier alpha value is -7.17. The summed E-state index contributed by atoms with van der Waals surface area (Å²) in [5, 5.41) is 7.97. The Bertz CT molecular complexity index is 2560. The van der Waals surface area contributed by atoms with E-state index in [4.69, 9.17) is 14.0 Å². The van der Waals surface area contributed by atoms with Gasteiger partial charge in [0.05, 0.1) is 43.8 Å². The van der Waals surface area contributed by atoms with Crippen LogP contribution in [0.15, 0.2) is 149 Å². The minimum Gasteiger partial charge on any atom is -0.485 e. The number of aromatic nitrogens is 4. The molecule has 16 heteroatoms. The van der Waals surface area contributed by atoms with Crippen molar-refractivity contribution in [1.82, 2.24) is 20.0 Å². The Morgan fingerprint density at radius 2 is 1.08 bits per heavy atom. The summed E-state index contributed by atoms with van der Waals surface area (Å²) in [6, 6.07) is 32.8. The molecule has 7 aromatic rings.